The van der Waals surface area contributed by atoms with Gasteiger partial charge >= 0.3 is 5.97 Å². The molecule has 0 aliphatic carbocycles. The van der Waals surface area contributed by atoms with Crippen LogP contribution in [-0.4, -0.2) is 35.9 Å². The zero-order valence-corrected chi connectivity index (χ0v) is 11.3. The summed E-state index contributed by atoms with van der Waals surface area (Å²) in [5.41, 5.74) is 1.43. The third-order valence-corrected chi connectivity index (χ3v) is 3.10. The molecule has 20 heavy (non-hydrogen) atoms. The van der Waals surface area contributed by atoms with Crippen LogP contribution in [0.3, 0.4) is 0 Å². The number of amides is 1. The number of carboxylic acids is 1. The van der Waals surface area contributed by atoms with Gasteiger partial charge in [0.05, 0.1) is 5.56 Å². The van der Waals surface area contributed by atoms with Crippen molar-refractivity contribution in [2.45, 2.75) is 19.8 Å². The second-order valence-electron chi connectivity index (χ2n) is 4.65. The Morgan fingerprint density at radius 3 is 2.90 bits per heavy atom. The van der Waals surface area contributed by atoms with Gasteiger partial charge in [0.2, 0.25) is 0 Å². The lowest BCUT2D eigenvalue weighted by Gasteiger charge is -2.11. The Labute approximate surface area is 116 Å². The standard InChI is InChI=1S/C14H17N3O3/c1-9-4-5-10(14(19)20)8-11(9)17-13(18)12-15-6-2-3-7-16-12/h4-5,8H,2-3,6-7H2,1H3,(H,15,16)(H,17,18)(H,19,20). The number of amidine groups is 1. The number of aryl methyl sites for hydroxylation is 1. The first-order chi connectivity index (χ1) is 9.58. The van der Waals surface area contributed by atoms with E-state index in [2.05, 4.69) is 15.6 Å². The Hall–Kier alpha value is -2.37. The van der Waals surface area contributed by atoms with Crippen LogP contribution in [0.25, 0.3) is 0 Å². The first-order valence-corrected chi connectivity index (χ1v) is 6.51. The van der Waals surface area contributed by atoms with Crippen molar-refractivity contribution in [2.75, 3.05) is 18.4 Å². The van der Waals surface area contributed by atoms with E-state index >= 15 is 0 Å². The molecule has 6 nitrogen and oxygen atoms in total. The van der Waals surface area contributed by atoms with Gasteiger partial charge in [-0.15, -0.1) is 0 Å². The molecule has 3 N–H and O–H groups in total. The second-order valence-corrected chi connectivity index (χ2v) is 4.65. The molecule has 0 saturated carbocycles. The number of carbonyl (C=O) groups excluding carboxylic acids is 1. The van der Waals surface area contributed by atoms with Crippen LogP contribution in [-0.2, 0) is 4.79 Å². The predicted octanol–water partition coefficient (Wildman–Crippen LogP) is 1.41. The SMILES string of the molecule is Cc1ccc(C(=O)O)cc1NC(=O)C1=NCCCCN1. The lowest BCUT2D eigenvalue weighted by Crippen LogP contribution is -2.35. The summed E-state index contributed by atoms with van der Waals surface area (Å²) in [4.78, 5) is 27.2. The second kappa shape index (κ2) is 6.18. The number of aliphatic imine (C=N–C) groups is 1. The van der Waals surface area contributed by atoms with E-state index in [-0.39, 0.29) is 11.5 Å². The highest BCUT2D eigenvalue weighted by Crippen LogP contribution is 2.17. The molecule has 106 valence electrons. The van der Waals surface area contributed by atoms with Crippen molar-refractivity contribution in [2.24, 2.45) is 4.99 Å². The van der Waals surface area contributed by atoms with Crippen LogP contribution < -0.4 is 10.6 Å². The van der Waals surface area contributed by atoms with Gasteiger partial charge in [-0.3, -0.25) is 9.79 Å². The summed E-state index contributed by atoms with van der Waals surface area (Å²) < 4.78 is 0. The molecule has 1 aliphatic rings. The fraction of sp³-hybridized carbons (Fsp3) is 0.357. The maximum Gasteiger partial charge on any atom is 0.335 e. The number of nitrogens with one attached hydrogen (secondary N) is 2. The summed E-state index contributed by atoms with van der Waals surface area (Å²) in [5, 5.41) is 14.7. The molecule has 1 aliphatic heterocycles. The Morgan fingerprint density at radius 1 is 1.35 bits per heavy atom. The summed E-state index contributed by atoms with van der Waals surface area (Å²) in [6.45, 7) is 3.16. The molecule has 2 rings (SSSR count). The number of hydrogen-bond acceptors (Lipinski definition) is 4. The summed E-state index contributed by atoms with van der Waals surface area (Å²) in [6, 6.07) is 4.63. The van der Waals surface area contributed by atoms with E-state index in [1.54, 1.807) is 6.07 Å². The van der Waals surface area contributed by atoms with E-state index in [1.165, 1.54) is 12.1 Å². The quantitative estimate of drug-likeness (QED) is 0.778. The minimum Gasteiger partial charge on any atom is -0.478 e. The summed E-state index contributed by atoms with van der Waals surface area (Å²) in [7, 11) is 0. The number of carbonyl (C=O) groups is 2. The smallest absolute Gasteiger partial charge is 0.335 e. The zero-order valence-electron chi connectivity index (χ0n) is 11.3. The molecule has 1 aromatic carbocycles. The van der Waals surface area contributed by atoms with Gasteiger partial charge in [0.15, 0.2) is 5.84 Å². The molecule has 0 radical (unpaired) electrons. The maximum atomic E-state index is 12.1. The normalized spacial score (nSPS) is 14.8. The number of anilines is 1. The minimum absolute atomic E-state index is 0.140. The molecule has 1 amide bonds. The molecule has 0 bridgehead atoms. The lowest BCUT2D eigenvalue weighted by atomic mass is 10.1. The molecule has 0 fully saturated rings. The Balaban J connectivity index is 2.16. The Bertz CT molecular complexity index is 567. The number of benzene rings is 1. The summed E-state index contributed by atoms with van der Waals surface area (Å²) in [6.07, 6.45) is 1.94. The van der Waals surface area contributed by atoms with Gasteiger partial charge in [0.1, 0.15) is 0 Å². The van der Waals surface area contributed by atoms with Crippen LogP contribution >= 0.6 is 0 Å². The van der Waals surface area contributed by atoms with Crippen molar-refractivity contribution in [1.82, 2.24) is 5.32 Å². The van der Waals surface area contributed by atoms with Crippen molar-refractivity contribution in [1.29, 1.82) is 0 Å². The van der Waals surface area contributed by atoms with Gasteiger partial charge in [-0.2, -0.15) is 0 Å². The van der Waals surface area contributed by atoms with E-state index in [0.29, 0.717) is 18.1 Å². The van der Waals surface area contributed by atoms with E-state index in [4.69, 9.17) is 5.11 Å². The monoisotopic (exact) mass is 275 g/mol. The topological polar surface area (TPSA) is 90.8 Å². The molecule has 0 atom stereocenters. The largest absolute Gasteiger partial charge is 0.478 e. The van der Waals surface area contributed by atoms with Crippen molar-refractivity contribution >= 4 is 23.4 Å². The molecule has 0 saturated heterocycles. The third kappa shape index (κ3) is 3.34. The van der Waals surface area contributed by atoms with E-state index in [9.17, 15) is 9.59 Å². The van der Waals surface area contributed by atoms with Gasteiger partial charge in [-0.1, -0.05) is 6.07 Å². The zero-order chi connectivity index (χ0) is 14.5. The number of rotatable bonds is 3. The van der Waals surface area contributed by atoms with Crippen molar-refractivity contribution < 1.29 is 14.7 Å². The molecule has 0 aromatic heterocycles. The first kappa shape index (κ1) is 14.0. The van der Waals surface area contributed by atoms with Gasteiger partial charge in [-0.25, -0.2) is 4.79 Å². The fourth-order valence-electron chi connectivity index (χ4n) is 1.91. The average Bonchev–Trinajstić information content (AvgIpc) is 2.70. The summed E-state index contributed by atoms with van der Waals surface area (Å²) in [5.74, 6) is -1.05. The Kier molecular flexibility index (Phi) is 4.34. The number of nitrogens with zero attached hydrogens (tertiary/aromatic N) is 1. The molecular weight excluding hydrogens is 258 g/mol. The molecule has 1 heterocycles. The number of aromatic carboxylic acids is 1. The van der Waals surface area contributed by atoms with Crippen molar-refractivity contribution in [3.05, 3.63) is 29.3 Å². The Morgan fingerprint density at radius 2 is 2.15 bits per heavy atom. The molecular formula is C14H17N3O3. The third-order valence-electron chi connectivity index (χ3n) is 3.10. The lowest BCUT2D eigenvalue weighted by molar-refractivity contribution is -0.110. The van der Waals surface area contributed by atoms with Crippen LogP contribution in [0, 0.1) is 6.92 Å². The van der Waals surface area contributed by atoms with Crippen molar-refractivity contribution in [3.63, 3.8) is 0 Å². The highest BCUT2D eigenvalue weighted by molar-refractivity contribution is 6.42. The minimum atomic E-state index is -1.02. The van der Waals surface area contributed by atoms with E-state index in [0.717, 1.165) is 24.9 Å². The molecule has 0 spiro atoms. The average molecular weight is 275 g/mol. The van der Waals surface area contributed by atoms with Crippen LogP contribution in [0.15, 0.2) is 23.2 Å². The van der Waals surface area contributed by atoms with Crippen LogP contribution in [0.5, 0.6) is 0 Å². The highest BCUT2D eigenvalue weighted by atomic mass is 16.4. The van der Waals surface area contributed by atoms with Gasteiger partial charge in [-0.05, 0) is 37.5 Å². The van der Waals surface area contributed by atoms with Crippen LogP contribution in [0.4, 0.5) is 5.69 Å². The fourth-order valence-corrected chi connectivity index (χ4v) is 1.91. The van der Waals surface area contributed by atoms with Gasteiger partial charge < -0.3 is 15.7 Å². The highest BCUT2D eigenvalue weighted by Gasteiger charge is 2.15. The summed E-state index contributed by atoms with van der Waals surface area (Å²) >= 11 is 0. The van der Waals surface area contributed by atoms with Crippen LogP contribution in [0.1, 0.15) is 28.8 Å². The van der Waals surface area contributed by atoms with E-state index in [1.807, 2.05) is 6.92 Å². The molecule has 0 unspecified atom stereocenters. The predicted molar refractivity (Wildman–Crippen MR) is 76.3 cm³/mol. The van der Waals surface area contributed by atoms with Crippen molar-refractivity contribution in [3.8, 4) is 0 Å². The molecule has 6 heteroatoms. The van der Waals surface area contributed by atoms with E-state index < -0.39 is 5.97 Å². The molecule has 1 aromatic rings. The number of hydrogen-bond donors (Lipinski definition) is 3. The first-order valence-electron chi connectivity index (χ1n) is 6.51. The number of carboxylic acid groups (broad SMARTS) is 1. The maximum absolute atomic E-state index is 12.1. The van der Waals surface area contributed by atoms with Crippen LogP contribution in [0.2, 0.25) is 0 Å². The van der Waals surface area contributed by atoms with Gasteiger partial charge in [0, 0.05) is 18.8 Å². The van der Waals surface area contributed by atoms with Gasteiger partial charge in [0.25, 0.3) is 5.91 Å².